The molecule has 4 fully saturated rings. The summed E-state index contributed by atoms with van der Waals surface area (Å²) in [5.41, 5.74) is 2.54. The molecule has 2 saturated heterocycles. The molecule has 1 aromatic rings. The van der Waals surface area contributed by atoms with Gasteiger partial charge in [0.2, 0.25) is 11.8 Å². The van der Waals surface area contributed by atoms with Gasteiger partial charge in [0.1, 0.15) is 6.04 Å². The first-order valence-electron chi connectivity index (χ1n) is 12.7. The highest BCUT2D eigenvalue weighted by Gasteiger charge is 2.59. The summed E-state index contributed by atoms with van der Waals surface area (Å²) >= 11 is 0. The van der Waals surface area contributed by atoms with E-state index in [0.717, 1.165) is 23.8 Å². The predicted molar refractivity (Wildman–Crippen MR) is 125 cm³/mol. The van der Waals surface area contributed by atoms with Gasteiger partial charge < -0.3 is 10.6 Å². The molecular weight excluding hydrogens is 432 g/mol. The highest BCUT2D eigenvalue weighted by Crippen LogP contribution is 2.69. The second kappa shape index (κ2) is 7.90. The van der Waals surface area contributed by atoms with Gasteiger partial charge in [0, 0.05) is 18.7 Å². The molecule has 1 aromatic carbocycles. The predicted octanol–water partition coefficient (Wildman–Crippen LogP) is 2.45. The summed E-state index contributed by atoms with van der Waals surface area (Å²) in [4.78, 5) is 51.0. The van der Waals surface area contributed by atoms with E-state index in [0.29, 0.717) is 27.6 Å². The Morgan fingerprint density at radius 1 is 1.00 bits per heavy atom. The molecule has 2 saturated carbocycles. The molecule has 0 aromatic heterocycles. The number of carbonyl (C=O) groups excluding carboxylic acids is 4. The molecule has 2 aliphatic carbocycles. The Balaban J connectivity index is 1.05. The second-order valence-electron chi connectivity index (χ2n) is 11.3. The number of amides is 4. The summed E-state index contributed by atoms with van der Waals surface area (Å²) in [5, 5.41) is 9.12. The average Bonchev–Trinajstić information content (AvgIpc) is 3.03. The maximum Gasteiger partial charge on any atom is 0.264 e. The number of piperidine rings is 2. The molecule has 2 spiro atoms. The third kappa shape index (κ3) is 3.45. The lowest BCUT2D eigenvalue weighted by Gasteiger charge is -2.65. The molecule has 0 bridgehead atoms. The van der Waals surface area contributed by atoms with E-state index in [9.17, 15) is 19.2 Å². The Kier molecular flexibility index (Phi) is 5.06. The third-order valence-electron chi connectivity index (χ3n) is 8.94. The molecule has 34 heavy (non-hydrogen) atoms. The Hall–Kier alpha value is -2.74. The molecule has 8 nitrogen and oxygen atoms in total. The SMILES string of the molecule is O=C1CCC(N2C(=O)c3cccc(NCCC4CC5(C4)CC4(CCNCC4)C5)c3C2=O)C(=O)N1. The van der Waals surface area contributed by atoms with Crippen LogP contribution in [0.4, 0.5) is 5.69 Å². The van der Waals surface area contributed by atoms with Crippen molar-refractivity contribution in [2.24, 2.45) is 16.7 Å². The largest absolute Gasteiger partial charge is 0.384 e. The highest BCUT2D eigenvalue weighted by molar-refractivity contribution is 6.25. The van der Waals surface area contributed by atoms with E-state index in [1.54, 1.807) is 12.1 Å². The Morgan fingerprint density at radius 2 is 1.76 bits per heavy atom. The number of rotatable bonds is 5. The van der Waals surface area contributed by atoms with Crippen molar-refractivity contribution in [1.82, 2.24) is 15.5 Å². The van der Waals surface area contributed by atoms with E-state index >= 15 is 0 Å². The second-order valence-corrected chi connectivity index (χ2v) is 11.3. The fraction of sp³-hybridized carbons (Fsp3) is 0.615. The Labute approximate surface area is 199 Å². The molecule has 1 atom stereocenters. The summed E-state index contributed by atoms with van der Waals surface area (Å²) in [5.74, 6) is -1.15. The number of fused-ring (bicyclic) bond motifs is 1. The van der Waals surface area contributed by atoms with Gasteiger partial charge in [-0.15, -0.1) is 0 Å². The molecule has 6 rings (SSSR count). The number of imide groups is 2. The fourth-order valence-corrected chi connectivity index (χ4v) is 7.58. The zero-order valence-corrected chi connectivity index (χ0v) is 19.5. The maximum absolute atomic E-state index is 13.2. The number of benzene rings is 1. The van der Waals surface area contributed by atoms with Crippen LogP contribution in [0.2, 0.25) is 0 Å². The molecular formula is C26H32N4O4. The van der Waals surface area contributed by atoms with Crippen molar-refractivity contribution in [1.29, 1.82) is 0 Å². The van der Waals surface area contributed by atoms with Crippen LogP contribution in [0.15, 0.2) is 18.2 Å². The molecule has 180 valence electrons. The van der Waals surface area contributed by atoms with Gasteiger partial charge in [-0.25, -0.2) is 0 Å². The third-order valence-corrected chi connectivity index (χ3v) is 8.94. The lowest BCUT2D eigenvalue weighted by atomic mass is 9.41. The number of carbonyl (C=O) groups is 4. The van der Waals surface area contributed by atoms with E-state index in [1.165, 1.54) is 51.6 Å². The normalized spacial score (nSPS) is 27.4. The summed E-state index contributed by atoms with van der Waals surface area (Å²) in [7, 11) is 0. The first kappa shape index (κ1) is 21.8. The average molecular weight is 465 g/mol. The van der Waals surface area contributed by atoms with Gasteiger partial charge in [0.15, 0.2) is 0 Å². The highest BCUT2D eigenvalue weighted by atomic mass is 16.2. The van der Waals surface area contributed by atoms with Gasteiger partial charge in [-0.3, -0.25) is 29.4 Å². The molecule has 5 aliphatic rings. The van der Waals surface area contributed by atoms with E-state index in [4.69, 9.17) is 0 Å². The summed E-state index contributed by atoms with van der Waals surface area (Å²) < 4.78 is 0. The summed E-state index contributed by atoms with van der Waals surface area (Å²) in [6.07, 6.45) is 9.46. The quantitative estimate of drug-likeness (QED) is 0.578. The molecule has 3 aliphatic heterocycles. The van der Waals surface area contributed by atoms with Crippen LogP contribution >= 0.6 is 0 Å². The van der Waals surface area contributed by atoms with Gasteiger partial charge in [-0.2, -0.15) is 0 Å². The summed E-state index contributed by atoms with van der Waals surface area (Å²) in [6, 6.07) is 4.29. The summed E-state index contributed by atoms with van der Waals surface area (Å²) in [6.45, 7) is 3.10. The fourth-order valence-electron chi connectivity index (χ4n) is 7.58. The molecule has 1 unspecified atom stereocenters. The van der Waals surface area contributed by atoms with Crippen LogP contribution in [0.5, 0.6) is 0 Å². The van der Waals surface area contributed by atoms with Crippen molar-refractivity contribution in [3.63, 3.8) is 0 Å². The van der Waals surface area contributed by atoms with Crippen molar-refractivity contribution in [2.75, 3.05) is 25.0 Å². The van der Waals surface area contributed by atoms with E-state index < -0.39 is 23.8 Å². The van der Waals surface area contributed by atoms with Gasteiger partial charge in [0.05, 0.1) is 11.1 Å². The minimum absolute atomic E-state index is 0.121. The van der Waals surface area contributed by atoms with Crippen molar-refractivity contribution >= 4 is 29.3 Å². The van der Waals surface area contributed by atoms with Gasteiger partial charge in [0.25, 0.3) is 11.8 Å². The molecule has 4 amide bonds. The zero-order chi connectivity index (χ0) is 23.5. The van der Waals surface area contributed by atoms with Crippen LogP contribution in [-0.4, -0.2) is 54.2 Å². The van der Waals surface area contributed by atoms with E-state index in [1.807, 2.05) is 6.07 Å². The number of anilines is 1. The first-order chi connectivity index (χ1) is 16.4. The van der Waals surface area contributed by atoms with Crippen LogP contribution in [0.3, 0.4) is 0 Å². The Bertz CT molecular complexity index is 1060. The maximum atomic E-state index is 13.2. The lowest BCUT2D eigenvalue weighted by molar-refractivity contribution is -0.139. The molecule has 3 heterocycles. The molecule has 8 heteroatoms. The van der Waals surface area contributed by atoms with E-state index in [-0.39, 0.29) is 18.7 Å². The van der Waals surface area contributed by atoms with Crippen LogP contribution in [0, 0.1) is 16.7 Å². The topological polar surface area (TPSA) is 108 Å². The molecule has 0 radical (unpaired) electrons. The van der Waals surface area contributed by atoms with Crippen LogP contribution < -0.4 is 16.0 Å². The van der Waals surface area contributed by atoms with Crippen molar-refractivity contribution in [2.45, 2.75) is 63.8 Å². The lowest BCUT2D eigenvalue weighted by Crippen LogP contribution is -2.56. The van der Waals surface area contributed by atoms with Crippen molar-refractivity contribution in [3.05, 3.63) is 29.3 Å². The molecule has 3 N–H and O–H groups in total. The Morgan fingerprint density at radius 3 is 2.50 bits per heavy atom. The first-order valence-corrected chi connectivity index (χ1v) is 12.7. The number of hydrogen-bond acceptors (Lipinski definition) is 6. The zero-order valence-electron chi connectivity index (χ0n) is 19.5. The van der Waals surface area contributed by atoms with Gasteiger partial charge >= 0.3 is 0 Å². The smallest absolute Gasteiger partial charge is 0.264 e. The van der Waals surface area contributed by atoms with Crippen LogP contribution in [-0.2, 0) is 9.59 Å². The minimum atomic E-state index is -0.935. The van der Waals surface area contributed by atoms with E-state index in [2.05, 4.69) is 16.0 Å². The monoisotopic (exact) mass is 464 g/mol. The van der Waals surface area contributed by atoms with Crippen molar-refractivity contribution < 1.29 is 19.2 Å². The minimum Gasteiger partial charge on any atom is -0.384 e. The number of nitrogens with zero attached hydrogens (tertiary/aromatic N) is 1. The van der Waals surface area contributed by atoms with Crippen LogP contribution in [0.25, 0.3) is 0 Å². The number of hydrogen-bond donors (Lipinski definition) is 3. The van der Waals surface area contributed by atoms with Crippen LogP contribution in [0.1, 0.15) is 78.5 Å². The van der Waals surface area contributed by atoms with Crippen molar-refractivity contribution in [3.8, 4) is 0 Å². The number of nitrogens with one attached hydrogen (secondary N) is 3. The van der Waals surface area contributed by atoms with Gasteiger partial charge in [-0.05, 0) is 93.3 Å². The van der Waals surface area contributed by atoms with Gasteiger partial charge in [-0.1, -0.05) is 6.07 Å². The standard InChI is InChI=1S/C26H32N4O4/c31-20-5-4-19(22(32)29-20)30-23(33)17-2-1-3-18(21(17)24(30)34)28-9-6-16-12-26(13-16)14-25(15-26)7-10-27-11-8-25/h1-3,16,19,27-28H,4-15H2,(H,29,31,32).